The van der Waals surface area contributed by atoms with E-state index >= 15 is 0 Å². The molecule has 2 heteroatoms. The first-order chi connectivity index (χ1) is 9.54. The van der Waals surface area contributed by atoms with Gasteiger partial charge in [-0.2, -0.15) is 0 Å². The van der Waals surface area contributed by atoms with Crippen LogP contribution in [0.3, 0.4) is 0 Å². The molecule has 20 heavy (non-hydrogen) atoms. The molecule has 0 aromatic heterocycles. The van der Waals surface area contributed by atoms with E-state index in [-0.39, 0.29) is 5.78 Å². The van der Waals surface area contributed by atoms with Gasteiger partial charge in [0.05, 0.1) is 6.42 Å². The van der Waals surface area contributed by atoms with E-state index in [1.807, 2.05) is 62.4 Å². The molecule has 0 amide bonds. The average Bonchev–Trinajstić information content (AvgIpc) is 2.42. The maximum Gasteiger partial charge on any atom is 0.168 e. The second-order valence-corrected chi connectivity index (χ2v) is 5.06. The molecule has 0 fully saturated rings. The van der Waals surface area contributed by atoms with E-state index in [4.69, 9.17) is 0 Å². The van der Waals surface area contributed by atoms with Gasteiger partial charge in [-0.3, -0.25) is 4.79 Å². The second kappa shape index (κ2) is 6.20. The summed E-state index contributed by atoms with van der Waals surface area (Å²) in [6.07, 6.45) is 0.303. The number of carbonyl (C=O) groups is 1. The van der Waals surface area contributed by atoms with Crippen molar-refractivity contribution in [3.8, 4) is 0 Å². The van der Waals surface area contributed by atoms with Crippen LogP contribution in [0.25, 0.3) is 0 Å². The third-order valence-corrected chi connectivity index (χ3v) is 3.12. The van der Waals surface area contributed by atoms with E-state index in [1.165, 1.54) is 5.56 Å². The quantitative estimate of drug-likeness (QED) is 0.806. The third-order valence-electron chi connectivity index (χ3n) is 3.12. The Balaban J connectivity index is 1.95. The van der Waals surface area contributed by atoms with Crippen LogP contribution >= 0.6 is 0 Å². The summed E-state index contributed by atoms with van der Waals surface area (Å²) < 4.78 is 0. The Labute approximate surface area is 120 Å². The van der Waals surface area contributed by atoms with Gasteiger partial charge in [0.25, 0.3) is 0 Å². The van der Waals surface area contributed by atoms with Gasteiger partial charge in [0.1, 0.15) is 0 Å². The summed E-state index contributed by atoms with van der Waals surface area (Å²) >= 11 is 0. The Kier molecular flexibility index (Phi) is 4.36. The van der Waals surface area contributed by atoms with E-state index in [0.717, 1.165) is 16.8 Å². The van der Waals surface area contributed by atoms with Gasteiger partial charge in [-0.05, 0) is 26.0 Å². The largest absolute Gasteiger partial charge is 0.359 e. The van der Waals surface area contributed by atoms with Crippen molar-refractivity contribution in [2.75, 3.05) is 5.32 Å². The van der Waals surface area contributed by atoms with Crippen molar-refractivity contribution in [3.05, 3.63) is 77.5 Å². The van der Waals surface area contributed by atoms with Crippen molar-refractivity contribution >= 4 is 11.5 Å². The van der Waals surface area contributed by atoms with Crippen molar-refractivity contribution in [3.63, 3.8) is 0 Å². The minimum atomic E-state index is 0.0783. The van der Waals surface area contributed by atoms with Gasteiger partial charge < -0.3 is 5.32 Å². The molecule has 0 aliphatic rings. The van der Waals surface area contributed by atoms with Crippen LogP contribution in [0.2, 0.25) is 0 Å². The first kappa shape index (κ1) is 14.1. The highest BCUT2D eigenvalue weighted by Crippen LogP contribution is 2.14. The maximum absolute atomic E-state index is 12.1. The van der Waals surface area contributed by atoms with Gasteiger partial charge in [-0.25, -0.2) is 0 Å². The van der Waals surface area contributed by atoms with Gasteiger partial charge in [0, 0.05) is 16.9 Å². The molecular weight excluding hydrogens is 246 g/mol. The number of anilines is 1. The Bertz CT molecular complexity index is 609. The van der Waals surface area contributed by atoms with Gasteiger partial charge in [-0.1, -0.05) is 54.1 Å². The predicted molar refractivity (Wildman–Crippen MR) is 84.1 cm³/mol. The van der Waals surface area contributed by atoms with E-state index in [2.05, 4.69) is 11.9 Å². The molecule has 2 nitrogen and oxygen atoms in total. The summed E-state index contributed by atoms with van der Waals surface area (Å²) in [7, 11) is 0. The molecule has 0 saturated carbocycles. The molecule has 0 atom stereocenters. The van der Waals surface area contributed by atoms with Crippen LogP contribution in [0.15, 0.2) is 60.8 Å². The molecule has 102 valence electrons. The SMILES string of the molecule is C=C(CC(=O)c1ccc(C)cc1)Nc1ccc(C)cc1. The van der Waals surface area contributed by atoms with Crippen molar-refractivity contribution < 1.29 is 4.79 Å². The summed E-state index contributed by atoms with van der Waals surface area (Å²) in [5.41, 5.74) is 4.74. The molecule has 0 bridgehead atoms. The summed E-state index contributed by atoms with van der Waals surface area (Å²) in [4.78, 5) is 12.1. The fourth-order valence-corrected chi connectivity index (χ4v) is 1.92. The lowest BCUT2D eigenvalue weighted by Gasteiger charge is -2.09. The van der Waals surface area contributed by atoms with Crippen molar-refractivity contribution in [2.24, 2.45) is 0 Å². The van der Waals surface area contributed by atoms with Crippen LogP contribution < -0.4 is 5.32 Å². The number of nitrogens with one attached hydrogen (secondary N) is 1. The lowest BCUT2D eigenvalue weighted by Crippen LogP contribution is -2.06. The number of ketones is 1. The molecule has 0 aliphatic heterocycles. The number of allylic oxidation sites excluding steroid dienone is 1. The zero-order valence-corrected chi connectivity index (χ0v) is 11.9. The minimum absolute atomic E-state index is 0.0783. The number of aryl methyl sites for hydroxylation is 2. The lowest BCUT2D eigenvalue weighted by molar-refractivity contribution is 0.0993. The number of hydrogen-bond acceptors (Lipinski definition) is 2. The monoisotopic (exact) mass is 265 g/mol. The highest BCUT2D eigenvalue weighted by molar-refractivity contribution is 5.97. The number of carbonyl (C=O) groups excluding carboxylic acids is 1. The van der Waals surface area contributed by atoms with Gasteiger partial charge >= 0.3 is 0 Å². The van der Waals surface area contributed by atoms with Crippen LogP contribution in [0, 0.1) is 13.8 Å². The fraction of sp³-hybridized carbons (Fsp3) is 0.167. The second-order valence-electron chi connectivity index (χ2n) is 5.06. The predicted octanol–water partition coefficient (Wildman–Crippen LogP) is 4.50. The van der Waals surface area contributed by atoms with Crippen molar-refractivity contribution in [1.82, 2.24) is 0 Å². The minimum Gasteiger partial charge on any atom is -0.359 e. The molecule has 0 aliphatic carbocycles. The fourth-order valence-electron chi connectivity index (χ4n) is 1.92. The van der Waals surface area contributed by atoms with E-state index in [9.17, 15) is 4.79 Å². The van der Waals surface area contributed by atoms with Crippen LogP contribution in [-0.4, -0.2) is 5.78 Å². The van der Waals surface area contributed by atoms with Gasteiger partial charge in [0.2, 0.25) is 0 Å². The van der Waals surface area contributed by atoms with Crippen LogP contribution in [0.1, 0.15) is 27.9 Å². The number of rotatable bonds is 5. The van der Waals surface area contributed by atoms with Crippen molar-refractivity contribution in [2.45, 2.75) is 20.3 Å². The van der Waals surface area contributed by atoms with Crippen LogP contribution in [0.4, 0.5) is 5.69 Å². The zero-order chi connectivity index (χ0) is 14.5. The summed E-state index contributed by atoms with van der Waals surface area (Å²) in [6, 6.07) is 15.6. The number of hydrogen-bond donors (Lipinski definition) is 1. The van der Waals surface area contributed by atoms with Gasteiger partial charge in [0.15, 0.2) is 5.78 Å². The summed E-state index contributed by atoms with van der Waals surface area (Å²) in [5.74, 6) is 0.0783. The van der Waals surface area contributed by atoms with Crippen LogP contribution in [0.5, 0.6) is 0 Å². The Morgan fingerprint density at radius 3 is 2.00 bits per heavy atom. The molecule has 0 unspecified atom stereocenters. The third kappa shape index (κ3) is 3.82. The summed E-state index contributed by atoms with van der Waals surface area (Å²) in [6.45, 7) is 7.97. The first-order valence-electron chi connectivity index (χ1n) is 6.66. The normalized spacial score (nSPS) is 10.1. The highest BCUT2D eigenvalue weighted by Gasteiger charge is 2.07. The molecule has 1 N–H and O–H groups in total. The summed E-state index contributed by atoms with van der Waals surface area (Å²) in [5, 5.41) is 3.17. The Morgan fingerprint density at radius 2 is 1.45 bits per heavy atom. The lowest BCUT2D eigenvalue weighted by atomic mass is 10.1. The molecular formula is C18H19NO. The molecule has 2 aromatic carbocycles. The molecule has 2 aromatic rings. The number of Topliss-reactive ketones (excluding diaryl/α,β-unsaturated/α-hetero) is 1. The van der Waals surface area contributed by atoms with Crippen LogP contribution in [-0.2, 0) is 0 Å². The number of benzene rings is 2. The van der Waals surface area contributed by atoms with Gasteiger partial charge in [-0.15, -0.1) is 0 Å². The van der Waals surface area contributed by atoms with E-state index < -0.39 is 0 Å². The van der Waals surface area contributed by atoms with Crippen molar-refractivity contribution in [1.29, 1.82) is 0 Å². The molecule has 0 saturated heterocycles. The molecule has 0 heterocycles. The highest BCUT2D eigenvalue weighted by atomic mass is 16.1. The molecule has 0 spiro atoms. The van der Waals surface area contributed by atoms with E-state index in [0.29, 0.717) is 12.1 Å². The maximum atomic E-state index is 12.1. The zero-order valence-electron chi connectivity index (χ0n) is 11.9. The Hall–Kier alpha value is -2.35. The first-order valence-corrected chi connectivity index (χ1v) is 6.66. The molecule has 0 radical (unpaired) electrons. The van der Waals surface area contributed by atoms with E-state index in [1.54, 1.807) is 0 Å². The standard InChI is InChI=1S/C18H19NO/c1-13-4-8-16(9-5-13)18(20)12-15(3)19-17-10-6-14(2)7-11-17/h4-11,19H,3,12H2,1-2H3. The average molecular weight is 265 g/mol. The topological polar surface area (TPSA) is 29.1 Å². The smallest absolute Gasteiger partial charge is 0.168 e. The Morgan fingerprint density at radius 1 is 0.950 bits per heavy atom. The molecule has 2 rings (SSSR count).